The Morgan fingerprint density at radius 3 is 2.65 bits per heavy atom. The second-order valence-electron chi connectivity index (χ2n) is 3.42. The number of benzene rings is 1. The minimum atomic E-state index is -0.197. The van der Waals surface area contributed by atoms with Crippen LogP contribution in [0.4, 0.5) is 0 Å². The highest BCUT2D eigenvalue weighted by atomic mass is 35.5. The van der Waals surface area contributed by atoms with Crippen LogP contribution in [0.2, 0.25) is 0 Å². The van der Waals surface area contributed by atoms with Gasteiger partial charge in [-0.15, -0.1) is 23.7 Å². The number of hydrogen-bond acceptors (Lipinski definition) is 4. The Morgan fingerprint density at radius 1 is 1.35 bits per heavy atom. The van der Waals surface area contributed by atoms with Crippen LogP contribution in [0, 0.1) is 0 Å². The molecule has 1 aromatic heterocycles. The molecule has 92 valence electrons. The molecule has 17 heavy (non-hydrogen) atoms. The molecule has 0 radical (unpaired) electrons. The number of rotatable bonds is 3. The van der Waals surface area contributed by atoms with Gasteiger partial charge in [-0.3, -0.25) is 0 Å². The highest BCUT2D eigenvalue weighted by molar-refractivity contribution is 7.10. The van der Waals surface area contributed by atoms with E-state index in [1.54, 1.807) is 23.5 Å². The topological polar surface area (TPSA) is 55.5 Å². The molecule has 1 aromatic carbocycles. The van der Waals surface area contributed by atoms with Gasteiger partial charge in [-0.2, -0.15) is 0 Å². The minimum Gasteiger partial charge on any atom is -0.504 e. The van der Waals surface area contributed by atoms with Gasteiger partial charge in [0.2, 0.25) is 0 Å². The molecule has 0 saturated carbocycles. The fourth-order valence-electron chi connectivity index (χ4n) is 1.53. The third-order valence-electron chi connectivity index (χ3n) is 2.41. The first-order chi connectivity index (χ1) is 7.72. The Balaban J connectivity index is 0.00000144. The minimum absolute atomic E-state index is 0. The molecule has 0 fully saturated rings. The Hall–Kier alpha value is -1.23. The molecule has 0 spiro atoms. The van der Waals surface area contributed by atoms with E-state index in [2.05, 4.69) is 0 Å². The summed E-state index contributed by atoms with van der Waals surface area (Å²) >= 11 is 1.60. The van der Waals surface area contributed by atoms with Gasteiger partial charge in [-0.05, 0) is 29.1 Å². The molecule has 0 saturated heterocycles. The maximum atomic E-state index is 9.66. The normalized spacial score (nSPS) is 11.6. The average Bonchev–Trinajstić information content (AvgIpc) is 2.81. The zero-order valence-electron chi connectivity index (χ0n) is 9.29. The van der Waals surface area contributed by atoms with E-state index in [1.165, 1.54) is 7.11 Å². The predicted molar refractivity (Wildman–Crippen MR) is 72.3 cm³/mol. The Labute approximate surface area is 110 Å². The molecule has 0 bridgehead atoms. The summed E-state index contributed by atoms with van der Waals surface area (Å²) in [6, 6.07) is 8.97. The first-order valence-electron chi connectivity index (χ1n) is 4.88. The number of halogens is 1. The number of phenols is 1. The van der Waals surface area contributed by atoms with Crippen LogP contribution < -0.4 is 10.5 Å². The maximum absolute atomic E-state index is 9.66. The molecule has 1 heterocycles. The van der Waals surface area contributed by atoms with Crippen molar-refractivity contribution in [2.75, 3.05) is 7.11 Å². The van der Waals surface area contributed by atoms with Crippen LogP contribution in [-0.4, -0.2) is 12.2 Å². The van der Waals surface area contributed by atoms with Crippen molar-refractivity contribution in [3.05, 3.63) is 46.2 Å². The average molecular weight is 272 g/mol. The molecule has 0 unspecified atom stereocenters. The van der Waals surface area contributed by atoms with E-state index in [0.717, 1.165) is 10.4 Å². The van der Waals surface area contributed by atoms with Gasteiger partial charge >= 0.3 is 0 Å². The van der Waals surface area contributed by atoms with Crippen molar-refractivity contribution in [1.29, 1.82) is 0 Å². The fourth-order valence-corrected chi connectivity index (χ4v) is 2.29. The number of nitrogens with two attached hydrogens (primary N) is 1. The Kier molecular flexibility index (Phi) is 4.81. The van der Waals surface area contributed by atoms with Crippen LogP contribution in [0.15, 0.2) is 35.7 Å². The van der Waals surface area contributed by atoms with Crippen LogP contribution in [0.1, 0.15) is 16.5 Å². The molecule has 3 nitrogen and oxygen atoms in total. The van der Waals surface area contributed by atoms with Crippen LogP contribution in [0.25, 0.3) is 0 Å². The summed E-state index contributed by atoms with van der Waals surface area (Å²) < 4.78 is 4.98. The fraction of sp³-hybridized carbons (Fsp3) is 0.167. The van der Waals surface area contributed by atoms with Gasteiger partial charge in [-0.1, -0.05) is 12.1 Å². The first kappa shape index (κ1) is 13.8. The number of phenolic OH excluding ortho intramolecular Hbond substituents is 1. The third-order valence-corrected chi connectivity index (χ3v) is 3.37. The van der Waals surface area contributed by atoms with Crippen LogP contribution in [0.3, 0.4) is 0 Å². The molecule has 3 N–H and O–H groups in total. The molecular weight excluding hydrogens is 258 g/mol. The van der Waals surface area contributed by atoms with Gasteiger partial charge in [0, 0.05) is 4.88 Å². The monoisotopic (exact) mass is 271 g/mol. The number of methoxy groups -OCH3 is 1. The molecule has 2 aromatic rings. The zero-order valence-corrected chi connectivity index (χ0v) is 10.9. The van der Waals surface area contributed by atoms with Crippen molar-refractivity contribution in [2.24, 2.45) is 5.73 Å². The summed E-state index contributed by atoms with van der Waals surface area (Å²) in [7, 11) is 1.52. The van der Waals surface area contributed by atoms with Gasteiger partial charge in [0.05, 0.1) is 13.2 Å². The van der Waals surface area contributed by atoms with E-state index in [1.807, 2.05) is 23.6 Å². The van der Waals surface area contributed by atoms with Crippen molar-refractivity contribution in [3.63, 3.8) is 0 Å². The first-order valence-corrected chi connectivity index (χ1v) is 5.76. The molecular formula is C12H14ClNO2S. The summed E-state index contributed by atoms with van der Waals surface area (Å²) in [6.07, 6.45) is 0. The van der Waals surface area contributed by atoms with E-state index < -0.39 is 0 Å². The lowest BCUT2D eigenvalue weighted by atomic mass is 10.1. The molecule has 0 aliphatic heterocycles. The van der Waals surface area contributed by atoms with Crippen molar-refractivity contribution >= 4 is 23.7 Å². The summed E-state index contributed by atoms with van der Waals surface area (Å²) in [6.45, 7) is 0. The standard InChI is InChI=1S/C12H13NO2S.ClH/c1-15-10-5-4-8(7-9(10)14)12(13)11-3-2-6-16-11;/h2-7,12,14H,13H2,1H3;1H/t12-;/m1./s1. The summed E-state index contributed by atoms with van der Waals surface area (Å²) in [4.78, 5) is 1.07. The van der Waals surface area contributed by atoms with E-state index in [-0.39, 0.29) is 24.2 Å². The summed E-state index contributed by atoms with van der Waals surface area (Å²) in [5.74, 6) is 0.578. The third kappa shape index (κ3) is 2.91. The molecule has 1 atom stereocenters. The second-order valence-corrected chi connectivity index (χ2v) is 4.40. The van der Waals surface area contributed by atoms with Crippen LogP contribution in [0.5, 0.6) is 11.5 Å². The van der Waals surface area contributed by atoms with Gasteiger partial charge in [0.1, 0.15) is 0 Å². The summed E-state index contributed by atoms with van der Waals surface area (Å²) in [5, 5.41) is 11.6. The van der Waals surface area contributed by atoms with Crippen LogP contribution >= 0.6 is 23.7 Å². The number of ether oxygens (including phenoxy) is 1. The van der Waals surface area contributed by atoms with E-state index in [4.69, 9.17) is 10.5 Å². The molecule has 0 aliphatic rings. The molecule has 0 amide bonds. The number of hydrogen-bond donors (Lipinski definition) is 2. The molecule has 5 heteroatoms. The SMILES string of the molecule is COc1ccc([C@@H](N)c2cccs2)cc1O.Cl. The van der Waals surface area contributed by atoms with E-state index in [0.29, 0.717) is 5.75 Å². The molecule has 0 aliphatic carbocycles. The van der Waals surface area contributed by atoms with Gasteiger partial charge in [0.25, 0.3) is 0 Å². The molecule has 2 rings (SSSR count). The largest absolute Gasteiger partial charge is 0.504 e. The van der Waals surface area contributed by atoms with Crippen molar-refractivity contribution in [2.45, 2.75) is 6.04 Å². The Morgan fingerprint density at radius 2 is 2.12 bits per heavy atom. The zero-order chi connectivity index (χ0) is 11.5. The van der Waals surface area contributed by atoms with Gasteiger partial charge < -0.3 is 15.6 Å². The lowest BCUT2D eigenvalue weighted by Gasteiger charge is -2.11. The van der Waals surface area contributed by atoms with Gasteiger partial charge in [0.15, 0.2) is 11.5 Å². The van der Waals surface area contributed by atoms with Crippen molar-refractivity contribution < 1.29 is 9.84 Å². The lowest BCUT2D eigenvalue weighted by molar-refractivity contribution is 0.373. The van der Waals surface area contributed by atoms with E-state index >= 15 is 0 Å². The van der Waals surface area contributed by atoms with Crippen LogP contribution in [-0.2, 0) is 0 Å². The second kappa shape index (κ2) is 5.91. The highest BCUT2D eigenvalue weighted by Crippen LogP contribution is 2.31. The number of aromatic hydroxyl groups is 1. The summed E-state index contributed by atoms with van der Waals surface area (Å²) in [5.41, 5.74) is 6.96. The quantitative estimate of drug-likeness (QED) is 0.902. The number of thiophene rings is 1. The van der Waals surface area contributed by atoms with Gasteiger partial charge in [-0.25, -0.2) is 0 Å². The van der Waals surface area contributed by atoms with Crippen molar-refractivity contribution in [1.82, 2.24) is 0 Å². The smallest absolute Gasteiger partial charge is 0.160 e. The maximum Gasteiger partial charge on any atom is 0.160 e. The van der Waals surface area contributed by atoms with Crippen molar-refractivity contribution in [3.8, 4) is 11.5 Å². The predicted octanol–water partition coefficient (Wildman–Crippen LogP) is 2.93. The highest BCUT2D eigenvalue weighted by Gasteiger charge is 2.12. The van der Waals surface area contributed by atoms with E-state index in [9.17, 15) is 5.11 Å². The Bertz CT molecular complexity index is 473. The lowest BCUT2D eigenvalue weighted by Crippen LogP contribution is -2.09.